The quantitative estimate of drug-likeness (QED) is 0.552. The molecule has 0 heterocycles. The Labute approximate surface area is 94.8 Å². The minimum atomic E-state index is 0.121. The van der Waals surface area contributed by atoms with E-state index in [9.17, 15) is 0 Å². The largest absolute Gasteiger partial charge is 0.0824 e. The number of benzene rings is 1. The molecule has 1 unspecified atom stereocenters. The summed E-state index contributed by atoms with van der Waals surface area (Å²) in [6, 6.07) is 6.39. The molecule has 0 spiro atoms. The van der Waals surface area contributed by atoms with E-state index < -0.39 is 0 Å². The van der Waals surface area contributed by atoms with Crippen LogP contribution in [0.15, 0.2) is 23.8 Å². The highest BCUT2D eigenvalue weighted by atomic mass is 14.2. The molecule has 1 atom stereocenters. The Hall–Kier alpha value is -0.975. The SMILES string of the molecule is CC.[B]C1C(C)=C(C)c2cccc(C)c21. The molecule has 1 aromatic carbocycles. The molecule has 0 saturated carbocycles. The Kier molecular flexibility index (Phi) is 3.79. The minimum Gasteiger partial charge on any atom is -0.0711 e. The third kappa shape index (κ3) is 1.88. The lowest BCUT2D eigenvalue weighted by Crippen LogP contribution is -1.98. The molecule has 0 bridgehead atoms. The molecule has 1 heteroatoms. The van der Waals surface area contributed by atoms with Gasteiger partial charge in [0.05, 0.1) is 7.85 Å². The third-order valence-corrected chi connectivity index (χ3v) is 3.10. The van der Waals surface area contributed by atoms with Gasteiger partial charge in [-0.3, -0.25) is 0 Å². The first-order chi connectivity index (χ1) is 7.13. The topological polar surface area (TPSA) is 0 Å². The second-order valence-electron chi connectivity index (χ2n) is 3.82. The Balaban J connectivity index is 0.000000531. The van der Waals surface area contributed by atoms with Crippen molar-refractivity contribution < 1.29 is 0 Å². The van der Waals surface area contributed by atoms with E-state index in [2.05, 4.69) is 39.0 Å². The molecule has 0 N–H and O–H groups in total. The van der Waals surface area contributed by atoms with Gasteiger partial charge in [-0.2, -0.15) is 0 Å². The van der Waals surface area contributed by atoms with Crippen molar-refractivity contribution >= 4 is 13.4 Å². The summed E-state index contributed by atoms with van der Waals surface area (Å²) in [5.74, 6) is 0.121. The van der Waals surface area contributed by atoms with E-state index >= 15 is 0 Å². The van der Waals surface area contributed by atoms with Crippen molar-refractivity contribution in [2.75, 3.05) is 0 Å². The normalized spacial score (nSPS) is 18.3. The fraction of sp³-hybridized carbons (Fsp3) is 0.429. The van der Waals surface area contributed by atoms with Crippen LogP contribution in [0.1, 0.15) is 50.2 Å². The first-order valence-electron chi connectivity index (χ1n) is 5.65. The van der Waals surface area contributed by atoms with Crippen LogP contribution >= 0.6 is 0 Å². The van der Waals surface area contributed by atoms with Crippen molar-refractivity contribution in [1.82, 2.24) is 0 Å². The number of fused-ring (bicyclic) bond motifs is 1. The number of aryl methyl sites for hydroxylation is 1. The van der Waals surface area contributed by atoms with Crippen LogP contribution in [0.3, 0.4) is 0 Å². The molecular formula is C14H19B. The predicted octanol–water partition coefficient (Wildman–Crippen LogP) is 4.04. The van der Waals surface area contributed by atoms with E-state index in [4.69, 9.17) is 7.85 Å². The van der Waals surface area contributed by atoms with Gasteiger partial charge in [-0.05, 0) is 48.9 Å². The Morgan fingerprint density at radius 3 is 2.20 bits per heavy atom. The molecule has 0 saturated heterocycles. The maximum absolute atomic E-state index is 6.12. The smallest absolute Gasteiger partial charge is 0.0711 e. The Bertz CT molecular complexity index is 388. The minimum absolute atomic E-state index is 0.121. The molecule has 2 rings (SSSR count). The summed E-state index contributed by atoms with van der Waals surface area (Å²) in [6.07, 6.45) is 0. The van der Waals surface area contributed by atoms with Crippen LogP contribution < -0.4 is 0 Å². The van der Waals surface area contributed by atoms with Crippen LogP contribution in [-0.4, -0.2) is 7.85 Å². The van der Waals surface area contributed by atoms with Crippen molar-refractivity contribution in [3.8, 4) is 0 Å². The molecule has 1 aliphatic carbocycles. The van der Waals surface area contributed by atoms with E-state index in [1.54, 1.807) is 0 Å². The number of hydrogen-bond acceptors (Lipinski definition) is 0. The maximum Gasteiger partial charge on any atom is 0.0824 e. The van der Waals surface area contributed by atoms with Crippen molar-refractivity contribution in [2.24, 2.45) is 0 Å². The first kappa shape index (κ1) is 12.1. The summed E-state index contributed by atoms with van der Waals surface area (Å²) in [5.41, 5.74) is 6.62. The van der Waals surface area contributed by atoms with Gasteiger partial charge >= 0.3 is 0 Å². The molecule has 0 fully saturated rings. The van der Waals surface area contributed by atoms with Gasteiger partial charge in [0.2, 0.25) is 0 Å². The zero-order valence-electron chi connectivity index (χ0n) is 10.4. The van der Waals surface area contributed by atoms with Gasteiger partial charge in [0.1, 0.15) is 0 Å². The predicted molar refractivity (Wildman–Crippen MR) is 69.3 cm³/mol. The lowest BCUT2D eigenvalue weighted by atomic mass is 9.77. The lowest BCUT2D eigenvalue weighted by molar-refractivity contribution is 1.11. The molecule has 78 valence electrons. The second-order valence-corrected chi connectivity index (χ2v) is 3.82. The Morgan fingerprint density at radius 1 is 1.07 bits per heavy atom. The zero-order valence-corrected chi connectivity index (χ0v) is 10.4. The number of allylic oxidation sites excluding steroid dienone is 2. The third-order valence-electron chi connectivity index (χ3n) is 3.10. The van der Waals surface area contributed by atoms with Gasteiger partial charge < -0.3 is 0 Å². The standard InChI is InChI=1S/C12H13B.C2H6/c1-7-5-4-6-10-8(2)9(3)12(13)11(7)10;1-2/h4-6,12H,1-3H3;1-2H3. The van der Waals surface area contributed by atoms with Gasteiger partial charge in [0.15, 0.2) is 0 Å². The molecule has 0 nitrogen and oxygen atoms in total. The highest BCUT2D eigenvalue weighted by molar-refractivity contribution is 6.17. The summed E-state index contributed by atoms with van der Waals surface area (Å²) in [4.78, 5) is 0. The Morgan fingerprint density at radius 2 is 1.67 bits per heavy atom. The summed E-state index contributed by atoms with van der Waals surface area (Å²) in [6.45, 7) is 10.4. The van der Waals surface area contributed by atoms with Crippen LogP contribution in [0.2, 0.25) is 0 Å². The fourth-order valence-corrected chi connectivity index (χ4v) is 2.08. The molecule has 0 amide bonds. The highest BCUT2D eigenvalue weighted by Crippen LogP contribution is 2.40. The van der Waals surface area contributed by atoms with Gasteiger partial charge in [-0.25, -0.2) is 0 Å². The van der Waals surface area contributed by atoms with Gasteiger partial charge in [0, 0.05) is 0 Å². The fourth-order valence-electron chi connectivity index (χ4n) is 2.08. The van der Waals surface area contributed by atoms with E-state index in [1.165, 1.54) is 27.8 Å². The van der Waals surface area contributed by atoms with E-state index in [1.807, 2.05) is 13.8 Å². The van der Waals surface area contributed by atoms with Gasteiger partial charge in [-0.15, -0.1) is 0 Å². The zero-order chi connectivity index (χ0) is 11.6. The van der Waals surface area contributed by atoms with Crippen LogP contribution in [0.4, 0.5) is 0 Å². The number of hydrogen-bond donors (Lipinski definition) is 0. The van der Waals surface area contributed by atoms with Crippen LogP contribution in [0, 0.1) is 6.92 Å². The van der Waals surface area contributed by atoms with Crippen molar-refractivity contribution in [3.05, 3.63) is 40.5 Å². The average molecular weight is 198 g/mol. The van der Waals surface area contributed by atoms with E-state index in [0.29, 0.717) is 0 Å². The second kappa shape index (κ2) is 4.70. The van der Waals surface area contributed by atoms with Gasteiger partial charge in [-0.1, -0.05) is 37.6 Å². The lowest BCUT2D eigenvalue weighted by Gasteiger charge is -2.10. The molecule has 2 radical (unpaired) electrons. The summed E-state index contributed by atoms with van der Waals surface area (Å²) in [7, 11) is 6.12. The summed E-state index contributed by atoms with van der Waals surface area (Å²) >= 11 is 0. The van der Waals surface area contributed by atoms with Crippen LogP contribution in [0.25, 0.3) is 5.57 Å². The monoisotopic (exact) mass is 198 g/mol. The number of rotatable bonds is 0. The summed E-state index contributed by atoms with van der Waals surface area (Å²) < 4.78 is 0. The summed E-state index contributed by atoms with van der Waals surface area (Å²) in [5, 5.41) is 0. The van der Waals surface area contributed by atoms with Crippen molar-refractivity contribution in [3.63, 3.8) is 0 Å². The molecule has 1 aliphatic rings. The van der Waals surface area contributed by atoms with Crippen molar-refractivity contribution in [1.29, 1.82) is 0 Å². The highest BCUT2D eigenvalue weighted by Gasteiger charge is 2.23. The maximum atomic E-state index is 6.12. The molecule has 0 aromatic heterocycles. The average Bonchev–Trinajstić information content (AvgIpc) is 2.48. The van der Waals surface area contributed by atoms with Crippen LogP contribution in [-0.2, 0) is 0 Å². The van der Waals surface area contributed by atoms with Crippen LogP contribution in [0.5, 0.6) is 0 Å². The molecule has 1 aromatic rings. The molecular weight excluding hydrogens is 179 g/mol. The van der Waals surface area contributed by atoms with Gasteiger partial charge in [0.25, 0.3) is 0 Å². The van der Waals surface area contributed by atoms with E-state index in [-0.39, 0.29) is 5.82 Å². The molecule has 15 heavy (non-hydrogen) atoms. The van der Waals surface area contributed by atoms with E-state index in [0.717, 1.165) is 0 Å². The van der Waals surface area contributed by atoms with Crippen molar-refractivity contribution in [2.45, 2.75) is 40.4 Å². The first-order valence-corrected chi connectivity index (χ1v) is 5.65. The molecule has 0 aliphatic heterocycles.